The van der Waals surface area contributed by atoms with E-state index in [1.807, 2.05) is 39.0 Å². The van der Waals surface area contributed by atoms with E-state index in [1.165, 1.54) is 19.1 Å². The molecule has 54 heavy (non-hydrogen) atoms. The van der Waals surface area contributed by atoms with E-state index in [0.717, 1.165) is 89.2 Å². The number of nitrogens with zero attached hydrogens (tertiary/aromatic N) is 7. The molecular weight excluding hydrogens is 690 g/mol. The third kappa shape index (κ3) is 10.2. The highest BCUT2D eigenvalue weighted by Crippen LogP contribution is 2.32. The summed E-state index contributed by atoms with van der Waals surface area (Å²) in [5.74, 6) is 1.02. The Morgan fingerprint density at radius 3 is 2.30 bits per heavy atom. The SMILES string of the molecule is C=O.CC.CC(=O)c1c(C)c2cnc(Nc3ccc(N4CCN(CC(CCO)CCNc5ccc([N+](=O)[O-])cc5)CC4)cn3)nc2n(C2CCCC2)c1=O. The first-order chi connectivity index (χ1) is 26.2. The van der Waals surface area contributed by atoms with Crippen LogP contribution in [0.2, 0.25) is 0 Å². The second kappa shape index (κ2) is 20.3. The Morgan fingerprint density at radius 2 is 1.70 bits per heavy atom. The van der Waals surface area contributed by atoms with Crippen molar-refractivity contribution in [1.82, 2.24) is 24.4 Å². The van der Waals surface area contributed by atoms with Crippen LogP contribution in [0.25, 0.3) is 11.0 Å². The number of ketones is 1. The molecule has 4 heterocycles. The molecule has 3 aromatic heterocycles. The zero-order chi connectivity index (χ0) is 39.2. The van der Waals surface area contributed by atoms with Crippen LogP contribution in [0.4, 0.5) is 28.8 Å². The Hall–Kier alpha value is -5.28. The summed E-state index contributed by atoms with van der Waals surface area (Å²) in [6.45, 7) is 14.5. The maximum Gasteiger partial charge on any atom is 0.269 e. The van der Waals surface area contributed by atoms with Gasteiger partial charge in [-0.2, -0.15) is 4.98 Å². The molecule has 3 N–H and O–H groups in total. The lowest BCUT2D eigenvalue weighted by atomic mass is 10.0. The topological polar surface area (TPSA) is 189 Å². The fraction of sp³-hybridized carbons (Fsp3) is 0.487. The number of rotatable bonds is 14. The minimum absolute atomic E-state index is 0.0105. The Labute approximate surface area is 316 Å². The van der Waals surface area contributed by atoms with E-state index >= 15 is 0 Å². The number of Topliss-reactive ketones (excluding diaryl/α,β-unsaturated/α-hetero) is 1. The van der Waals surface area contributed by atoms with E-state index in [1.54, 1.807) is 29.8 Å². The number of aromatic nitrogens is 4. The molecule has 2 fully saturated rings. The van der Waals surface area contributed by atoms with Crippen molar-refractivity contribution >= 4 is 52.4 Å². The molecule has 1 saturated carbocycles. The van der Waals surface area contributed by atoms with Gasteiger partial charge in [0.1, 0.15) is 18.3 Å². The molecular formula is C39H53N9O6. The van der Waals surface area contributed by atoms with Gasteiger partial charge in [-0.15, -0.1) is 0 Å². The van der Waals surface area contributed by atoms with Gasteiger partial charge in [0.2, 0.25) is 5.95 Å². The third-order valence-electron chi connectivity index (χ3n) is 9.99. The third-order valence-corrected chi connectivity index (χ3v) is 9.99. The van der Waals surface area contributed by atoms with Crippen LogP contribution in [0.1, 0.15) is 81.3 Å². The average Bonchev–Trinajstić information content (AvgIpc) is 3.72. The lowest BCUT2D eigenvalue weighted by Gasteiger charge is -2.37. The monoisotopic (exact) mass is 743 g/mol. The van der Waals surface area contributed by atoms with Crippen LogP contribution in [0.15, 0.2) is 53.6 Å². The lowest BCUT2D eigenvalue weighted by molar-refractivity contribution is -0.384. The summed E-state index contributed by atoms with van der Waals surface area (Å²) in [5, 5.41) is 27.8. The maximum atomic E-state index is 13.5. The summed E-state index contributed by atoms with van der Waals surface area (Å²) in [4.78, 5) is 63.1. The Kier molecular flexibility index (Phi) is 15.6. The molecule has 6 rings (SSSR count). The van der Waals surface area contributed by atoms with Crippen molar-refractivity contribution in [3.63, 3.8) is 0 Å². The van der Waals surface area contributed by atoms with Gasteiger partial charge in [-0.1, -0.05) is 26.7 Å². The molecule has 1 aromatic carbocycles. The predicted octanol–water partition coefficient (Wildman–Crippen LogP) is 5.93. The summed E-state index contributed by atoms with van der Waals surface area (Å²) in [5.41, 5.74) is 3.03. The number of pyridine rings is 2. The van der Waals surface area contributed by atoms with Crippen LogP contribution >= 0.6 is 0 Å². The summed E-state index contributed by atoms with van der Waals surface area (Å²) >= 11 is 0. The molecule has 0 amide bonds. The number of nitrogens with one attached hydrogen (secondary N) is 2. The highest BCUT2D eigenvalue weighted by atomic mass is 16.6. The number of aryl methyl sites for hydroxylation is 1. The number of benzene rings is 1. The van der Waals surface area contributed by atoms with Gasteiger partial charge in [-0.25, -0.2) is 9.97 Å². The van der Waals surface area contributed by atoms with Crippen molar-refractivity contribution in [2.24, 2.45) is 5.92 Å². The lowest BCUT2D eigenvalue weighted by Crippen LogP contribution is -2.48. The van der Waals surface area contributed by atoms with Crippen LogP contribution in [0.3, 0.4) is 0 Å². The van der Waals surface area contributed by atoms with E-state index < -0.39 is 4.92 Å². The van der Waals surface area contributed by atoms with Gasteiger partial charge in [0.25, 0.3) is 11.2 Å². The summed E-state index contributed by atoms with van der Waals surface area (Å²) in [6.07, 6.45) is 8.98. The van der Waals surface area contributed by atoms with Gasteiger partial charge in [0.15, 0.2) is 5.78 Å². The molecule has 0 bridgehead atoms. The van der Waals surface area contributed by atoms with E-state index in [4.69, 9.17) is 9.78 Å². The first-order valence-electron chi connectivity index (χ1n) is 18.7. The first kappa shape index (κ1) is 41.5. The number of aliphatic hydroxyl groups is 1. The van der Waals surface area contributed by atoms with Crippen LogP contribution in [-0.4, -0.2) is 92.9 Å². The summed E-state index contributed by atoms with van der Waals surface area (Å²) in [7, 11) is 0. The van der Waals surface area contributed by atoms with Gasteiger partial charge >= 0.3 is 0 Å². The minimum atomic E-state index is -0.405. The van der Waals surface area contributed by atoms with Crippen LogP contribution < -0.4 is 21.1 Å². The molecule has 1 atom stereocenters. The molecule has 15 heteroatoms. The second-order valence-electron chi connectivity index (χ2n) is 13.3. The molecule has 1 aliphatic carbocycles. The van der Waals surface area contributed by atoms with E-state index in [2.05, 4.69) is 30.4 Å². The quantitative estimate of drug-likeness (QED) is 0.0784. The molecule has 1 unspecified atom stereocenters. The number of piperazine rings is 1. The van der Waals surface area contributed by atoms with Gasteiger partial charge in [0, 0.05) is 81.3 Å². The van der Waals surface area contributed by atoms with Crippen molar-refractivity contribution in [3.05, 3.63) is 80.4 Å². The van der Waals surface area contributed by atoms with Crippen molar-refractivity contribution < 1.29 is 19.6 Å². The second-order valence-corrected chi connectivity index (χ2v) is 13.3. The summed E-state index contributed by atoms with van der Waals surface area (Å²) in [6, 6.07) is 10.4. The number of fused-ring (bicyclic) bond motifs is 1. The Balaban J connectivity index is 0.00000157. The number of nitro benzene ring substituents is 1. The standard InChI is InChI=1S/C36H45N9O5.C2H6.CH2O/c1-24-31-22-39-36(41-34(31)44(28-5-3-4-6-28)35(48)33(24)25(2)47)40-32-12-11-30(21-38-32)43-18-16-42(17-19-43)23-26(14-20-46)13-15-37-27-7-9-29(10-8-27)45(49)50;2*1-2/h7-12,21-22,26,28,37,46H,3-6,13-20,23H2,1-2H3,(H,38,39,40,41);1-2H3;1H2. The average molecular weight is 744 g/mol. The molecule has 0 spiro atoms. The van der Waals surface area contributed by atoms with Crippen molar-refractivity contribution in [2.75, 3.05) is 61.4 Å². The van der Waals surface area contributed by atoms with Gasteiger partial charge in [-0.3, -0.25) is 29.2 Å². The highest BCUT2D eigenvalue weighted by molar-refractivity contribution is 5.99. The predicted molar refractivity (Wildman–Crippen MR) is 212 cm³/mol. The number of nitro groups is 1. The molecule has 1 aliphatic heterocycles. The van der Waals surface area contributed by atoms with E-state index in [9.17, 15) is 24.8 Å². The van der Waals surface area contributed by atoms with Crippen molar-refractivity contribution in [3.8, 4) is 0 Å². The van der Waals surface area contributed by atoms with Crippen LogP contribution in [0, 0.1) is 23.0 Å². The van der Waals surface area contributed by atoms with Gasteiger partial charge in [-0.05, 0) is 75.3 Å². The molecule has 290 valence electrons. The van der Waals surface area contributed by atoms with Crippen LogP contribution in [-0.2, 0) is 4.79 Å². The van der Waals surface area contributed by atoms with Crippen LogP contribution in [0.5, 0.6) is 0 Å². The zero-order valence-electron chi connectivity index (χ0n) is 31.8. The number of hydrogen-bond acceptors (Lipinski definition) is 13. The van der Waals surface area contributed by atoms with Crippen molar-refractivity contribution in [1.29, 1.82) is 0 Å². The number of hydrogen-bond donors (Lipinski definition) is 3. The first-order valence-corrected chi connectivity index (χ1v) is 18.7. The Morgan fingerprint density at radius 1 is 1.02 bits per heavy atom. The van der Waals surface area contributed by atoms with E-state index in [-0.39, 0.29) is 35.2 Å². The highest BCUT2D eigenvalue weighted by Gasteiger charge is 2.26. The number of carbonyl (C=O) groups is 2. The molecule has 0 radical (unpaired) electrons. The Bertz CT molecular complexity index is 1890. The fourth-order valence-corrected chi connectivity index (χ4v) is 7.26. The molecule has 4 aromatic rings. The number of aliphatic hydroxyl groups excluding tert-OH is 1. The van der Waals surface area contributed by atoms with Gasteiger partial charge in [0.05, 0.1) is 22.4 Å². The molecule has 2 aliphatic rings. The maximum absolute atomic E-state index is 13.5. The largest absolute Gasteiger partial charge is 0.396 e. The molecule has 15 nitrogen and oxygen atoms in total. The smallest absolute Gasteiger partial charge is 0.269 e. The number of non-ortho nitro benzene ring substituents is 1. The normalized spacial score (nSPS) is 15.1. The molecule has 1 saturated heterocycles. The van der Waals surface area contributed by atoms with Gasteiger partial charge < -0.3 is 25.4 Å². The minimum Gasteiger partial charge on any atom is -0.396 e. The number of anilines is 4. The fourth-order valence-electron chi connectivity index (χ4n) is 7.26. The van der Waals surface area contributed by atoms with Crippen molar-refractivity contribution in [2.45, 2.75) is 72.3 Å². The number of carbonyl (C=O) groups excluding carboxylic acids is 2. The zero-order valence-corrected chi connectivity index (χ0v) is 31.8. The summed E-state index contributed by atoms with van der Waals surface area (Å²) < 4.78 is 1.71. The van der Waals surface area contributed by atoms with E-state index in [0.29, 0.717) is 34.3 Å².